The second-order valence-corrected chi connectivity index (χ2v) is 4.86. The van der Waals surface area contributed by atoms with Gasteiger partial charge in [0.15, 0.2) is 0 Å². The summed E-state index contributed by atoms with van der Waals surface area (Å²) in [7, 11) is 0. The molecule has 4 heteroatoms. The molecule has 2 aromatic carbocycles. The predicted octanol–water partition coefficient (Wildman–Crippen LogP) is 3.69. The summed E-state index contributed by atoms with van der Waals surface area (Å²) in [5, 5.41) is 17.0. The van der Waals surface area contributed by atoms with E-state index in [1.807, 2.05) is 0 Å². The van der Waals surface area contributed by atoms with Crippen molar-refractivity contribution in [1.29, 1.82) is 0 Å². The molecule has 0 bridgehead atoms. The molecule has 21 heavy (non-hydrogen) atoms. The Morgan fingerprint density at radius 3 is 1.33 bits per heavy atom. The minimum absolute atomic E-state index is 0.0186. The lowest BCUT2D eigenvalue weighted by Crippen LogP contribution is -2.01. The average Bonchev–Trinajstić information content (AvgIpc) is 2.37. The summed E-state index contributed by atoms with van der Waals surface area (Å²) in [6.07, 6.45) is 0. The summed E-state index contributed by atoms with van der Waals surface area (Å²) in [6, 6.07) is 11.8. The third-order valence-corrected chi connectivity index (χ3v) is 2.72. The van der Waals surface area contributed by atoms with Crippen LogP contribution >= 0.6 is 0 Å². The summed E-state index contributed by atoms with van der Waals surface area (Å²) in [5.74, 6) is -2.25. The van der Waals surface area contributed by atoms with E-state index in [4.69, 9.17) is 10.2 Å². The first-order valence-corrected chi connectivity index (χ1v) is 6.41. The van der Waals surface area contributed by atoms with E-state index >= 15 is 0 Å². The molecule has 0 atom stereocenters. The molecule has 0 amide bonds. The molecule has 0 aliphatic carbocycles. The molecule has 0 aromatic heterocycles. The van der Waals surface area contributed by atoms with Crippen molar-refractivity contribution in [2.75, 3.05) is 0 Å². The third kappa shape index (κ3) is 5.48. The van der Waals surface area contributed by atoms with Crippen LogP contribution < -0.4 is 0 Å². The van der Waals surface area contributed by atoms with Gasteiger partial charge in [0.1, 0.15) is 0 Å². The highest BCUT2D eigenvalue weighted by Crippen LogP contribution is 2.06. The van der Waals surface area contributed by atoms with Gasteiger partial charge in [-0.1, -0.05) is 41.0 Å². The summed E-state index contributed by atoms with van der Waals surface area (Å²) in [5.41, 5.74) is 4.03. The van der Waals surface area contributed by atoms with E-state index in [-0.39, 0.29) is 11.1 Å². The number of benzene rings is 2. The third-order valence-electron chi connectivity index (χ3n) is 2.72. The summed E-state index contributed by atoms with van der Waals surface area (Å²) in [6.45, 7) is 6.38. The topological polar surface area (TPSA) is 74.6 Å². The Kier molecular flexibility index (Phi) is 5.67. The van der Waals surface area contributed by atoms with E-state index in [1.165, 1.54) is 34.9 Å². The van der Waals surface area contributed by atoms with Crippen LogP contribution in [0, 0.1) is 20.8 Å². The van der Waals surface area contributed by atoms with Gasteiger partial charge in [-0.05, 0) is 39.0 Å². The molecule has 0 radical (unpaired) electrons. The number of aryl methyl sites for hydroxylation is 3. The fraction of sp³-hybridized carbons (Fsp3) is 0.176. The molecule has 0 saturated heterocycles. The van der Waals surface area contributed by atoms with Crippen molar-refractivity contribution in [3.05, 3.63) is 70.3 Å². The molecule has 110 valence electrons. The normalized spacial score (nSPS) is 9.48. The van der Waals surface area contributed by atoms with Crippen molar-refractivity contribution in [2.24, 2.45) is 0 Å². The second kappa shape index (κ2) is 7.24. The highest BCUT2D eigenvalue weighted by molar-refractivity contribution is 5.93. The van der Waals surface area contributed by atoms with Crippen LogP contribution in [0.15, 0.2) is 42.5 Å². The SMILES string of the molecule is Cc1cc(C)cc(C)c1.O=C(O)c1cccc(C(=O)O)c1. The van der Waals surface area contributed by atoms with Crippen LogP contribution in [-0.2, 0) is 0 Å². The smallest absolute Gasteiger partial charge is 0.335 e. The first-order valence-electron chi connectivity index (χ1n) is 6.41. The Bertz CT molecular complexity index is 580. The van der Waals surface area contributed by atoms with Crippen LogP contribution in [0.2, 0.25) is 0 Å². The maximum Gasteiger partial charge on any atom is 0.335 e. The molecule has 2 N–H and O–H groups in total. The first kappa shape index (κ1) is 16.4. The van der Waals surface area contributed by atoms with Gasteiger partial charge in [-0.3, -0.25) is 0 Å². The van der Waals surface area contributed by atoms with E-state index in [9.17, 15) is 9.59 Å². The molecule has 0 heterocycles. The lowest BCUT2D eigenvalue weighted by atomic mass is 10.1. The zero-order chi connectivity index (χ0) is 16.0. The van der Waals surface area contributed by atoms with Crippen molar-refractivity contribution >= 4 is 11.9 Å². The largest absolute Gasteiger partial charge is 0.478 e. The fourth-order valence-electron chi connectivity index (χ4n) is 1.99. The molecular weight excluding hydrogens is 268 g/mol. The molecule has 0 spiro atoms. The molecule has 0 fully saturated rings. The Morgan fingerprint density at radius 2 is 1.05 bits per heavy atom. The number of carbonyl (C=O) groups is 2. The van der Waals surface area contributed by atoms with Crippen LogP contribution in [0.4, 0.5) is 0 Å². The van der Waals surface area contributed by atoms with Crippen LogP contribution in [0.3, 0.4) is 0 Å². The number of carboxylic acid groups (broad SMARTS) is 2. The van der Waals surface area contributed by atoms with Crippen molar-refractivity contribution in [3.63, 3.8) is 0 Å². The quantitative estimate of drug-likeness (QED) is 0.882. The van der Waals surface area contributed by atoms with Gasteiger partial charge in [-0.15, -0.1) is 0 Å². The number of aromatic carboxylic acids is 2. The fourth-order valence-corrected chi connectivity index (χ4v) is 1.99. The van der Waals surface area contributed by atoms with Crippen molar-refractivity contribution in [1.82, 2.24) is 0 Å². The predicted molar refractivity (Wildman–Crippen MR) is 81.0 cm³/mol. The van der Waals surface area contributed by atoms with E-state index in [0.29, 0.717) is 0 Å². The second-order valence-electron chi connectivity index (χ2n) is 4.86. The lowest BCUT2D eigenvalue weighted by Gasteiger charge is -1.96. The maximum atomic E-state index is 10.4. The molecule has 2 rings (SSSR count). The van der Waals surface area contributed by atoms with E-state index in [2.05, 4.69) is 39.0 Å². The minimum Gasteiger partial charge on any atom is -0.478 e. The first-order chi connectivity index (χ1) is 9.79. The van der Waals surface area contributed by atoms with Gasteiger partial charge in [-0.2, -0.15) is 0 Å². The van der Waals surface area contributed by atoms with Gasteiger partial charge in [0, 0.05) is 0 Å². The molecular formula is C17H18O4. The monoisotopic (exact) mass is 286 g/mol. The number of carboxylic acids is 2. The van der Waals surface area contributed by atoms with Gasteiger partial charge in [0.25, 0.3) is 0 Å². The summed E-state index contributed by atoms with van der Waals surface area (Å²) in [4.78, 5) is 20.8. The van der Waals surface area contributed by atoms with Gasteiger partial charge in [-0.25, -0.2) is 9.59 Å². The number of rotatable bonds is 2. The molecule has 0 unspecified atom stereocenters. The van der Waals surface area contributed by atoms with Crippen molar-refractivity contribution in [3.8, 4) is 0 Å². The van der Waals surface area contributed by atoms with E-state index < -0.39 is 11.9 Å². The zero-order valence-corrected chi connectivity index (χ0v) is 12.3. The van der Waals surface area contributed by atoms with Gasteiger partial charge >= 0.3 is 11.9 Å². The van der Waals surface area contributed by atoms with E-state index in [1.54, 1.807) is 0 Å². The van der Waals surface area contributed by atoms with Gasteiger partial charge in [0.2, 0.25) is 0 Å². The average molecular weight is 286 g/mol. The van der Waals surface area contributed by atoms with Gasteiger partial charge < -0.3 is 10.2 Å². The highest BCUT2D eigenvalue weighted by atomic mass is 16.4. The van der Waals surface area contributed by atoms with Crippen LogP contribution in [0.25, 0.3) is 0 Å². The lowest BCUT2D eigenvalue weighted by molar-refractivity contribution is 0.0696. The Hall–Kier alpha value is -2.62. The van der Waals surface area contributed by atoms with Crippen LogP contribution in [0.5, 0.6) is 0 Å². The minimum atomic E-state index is -1.13. The van der Waals surface area contributed by atoms with Crippen molar-refractivity contribution < 1.29 is 19.8 Å². The van der Waals surface area contributed by atoms with Crippen molar-refractivity contribution in [2.45, 2.75) is 20.8 Å². The molecule has 4 nitrogen and oxygen atoms in total. The summed E-state index contributed by atoms with van der Waals surface area (Å²) < 4.78 is 0. The zero-order valence-electron chi connectivity index (χ0n) is 12.3. The molecule has 2 aromatic rings. The van der Waals surface area contributed by atoms with E-state index in [0.717, 1.165) is 6.07 Å². The summed E-state index contributed by atoms with van der Waals surface area (Å²) >= 11 is 0. The number of hydrogen-bond donors (Lipinski definition) is 2. The maximum absolute atomic E-state index is 10.4. The number of hydrogen-bond acceptors (Lipinski definition) is 2. The molecule has 0 aliphatic heterocycles. The standard InChI is InChI=1S/C9H12.C8H6O4/c1-7-4-8(2)6-9(3)5-7;9-7(10)5-2-1-3-6(4-5)8(11)12/h4-6H,1-3H3;1-4H,(H,9,10)(H,11,12). The Balaban J connectivity index is 0.000000219. The molecule has 0 saturated carbocycles. The molecule has 0 aliphatic rings. The highest BCUT2D eigenvalue weighted by Gasteiger charge is 2.06. The van der Waals surface area contributed by atoms with Crippen LogP contribution in [-0.4, -0.2) is 22.2 Å². The van der Waals surface area contributed by atoms with Gasteiger partial charge in [0.05, 0.1) is 11.1 Å². The Morgan fingerprint density at radius 1 is 0.714 bits per heavy atom. The van der Waals surface area contributed by atoms with Crippen LogP contribution in [0.1, 0.15) is 37.4 Å². The Labute approximate surface area is 123 Å².